The van der Waals surface area contributed by atoms with Crippen molar-refractivity contribution in [3.8, 4) is 0 Å². The minimum Gasteiger partial charge on any atom is -0.481 e. The first-order valence-corrected chi connectivity index (χ1v) is 5.84. The fourth-order valence-electron chi connectivity index (χ4n) is 1.21. The van der Waals surface area contributed by atoms with Crippen molar-refractivity contribution in [2.75, 3.05) is 20.3 Å². The molecular weight excluding hydrogens is 240 g/mol. The Morgan fingerprint density at radius 1 is 1.11 bits per heavy atom. The Hall–Kier alpha value is -1.63. The van der Waals surface area contributed by atoms with Crippen LogP contribution in [0.1, 0.15) is 32.1 Å². The third kappa shape index (κ3) is 10.9. The summed E-state index contributed by atoms with van der Waals surface area (Å²) in [6.07, 6.45) is 1.75. The van der Waals surface area contributed by atoms with E-state index in [9.17, 15) is 14.4 Å². The highest BCUT2D eigenvalue weighted by atomic mass is 16.5. The number of carbonyl (C=O) groups excluding carboxylic acids is 2. The SMILES string of the molecule is COCCCNC(=O)NC(=O)CCCCC(=O)O. The summed E-state index contributed by atoms with van der Waals surface area (Å²) >= 11 is 0. The summed E-state index contributed by atoms with van der Waals surface area (Å²) in [6.45, 7) is 0.982. The highest BCUT2D eigenvalue weighted by Crippen LogP contribution is 1.99. The van der Waals surface area contributed by atoms with Crippen molar-refractivity contribution in [2.24, 2.45) is 0 Å². The van der Waals surface area contributed by atoms with Crippen LogP contribution in [0.3, 0.4) is 0 Å². The van der Waals surface area contributed by atoms with Crippen LogP contribution >= 0.6 is 0 Å². The van der Waals surface area contributed by atoms with E-state index in [0.717, 1.165) is 0 Å². The summed E-state index contributed by atoms with van der Waals surface area (Å²) in [4.78, 5) is 32.6. The van der Waals surface area contributed by atoms with Crippen LogP contribution in [-0.2, 0) is 14.3 Å². The van der Waals surface area contributed by atoms with Crippen LogP contribution in [0.15, 0.2) is 0 Å². The number of rotatable bonds is 9. The van der Waals surface area contributed by atoms with E-state index in [1.807, 2.05) is 0 Å². The van der Waals surface area contributed by atoms with Gasteiger partial charge in [-0.05, 0) is 19.3 Å². The molecule has 0 heterocycles. The number of carbonyl (C=O) groups is 3. The lowest BCUT2D eigenvalue weighted by atomic mass is 10.2. The van der Waals surface area contributed by atoms with Crippen LogP contribution in [0.4, 0.5) is 4.79 Å². The Labute approximate surface area is 106 Å². The zero-order valence-electron chi connectivity index (χ0n) is 10.5. The normalized spacial score (nSPS) is 9.83. The van der Waals surface area contributed by atoms with Gasteiger partial charge in [-0.1, -0.05) is 0 Å². The third-order valence-electron chi connectivity index (χ3n) is 2.11. The number of carboxylic acids is 1. The van der Waals surface area contributed by atoms with Gasteiger partial charge in [0.15, 0.2) is 0 Å². The first-order chi connectivity index (χ1) is 8.56. The second kappa shape index (κ2) is 10.5. The molecule has 0 atom stereocenters. The second-order valence-electron chi connectivity index (χ2n) is 3.75. The summed E-state index contributed by atoms with van der Waals surface area (Å²) in [7, 11) is 1.57. The van der Waals surface area contributed by atoms with E-state index in [1.54, 1.807) is 7.11 Å². The zero-order chi connectivity index (χ0) is 13.8. The van der Waals surface area contributed by atoms with Crippen molar-refractivity contribution in [1.82, 2.24) is 10.6 Å². The fourth-order valence-corrected chi connectivity index (χ4v) is 1.21. The second-order valence-corrected chi connectivity index (χ2v) is 3.75. The number of hydrogen-bond acceptors (Lipinski definition) is 4. The Morgan fingerprint density at radius 2 is 1.78 bits per heavy atom. The Bertz CT molecular complexity index is 281. The van der Waals surface area contributed by atoms with Crippen molar-refractivity contribution < 1.29 is 24.2 Å². The Morgan fingerprint density at radius 3 is 2.39 bits per heavy atom. The lowest BCUT2D eigenvalue weighted by molar-refractivity contribution is -0.137. The number of amides is 3. The molecule has 0 unspecified atom stereocenters. The maximum absolute atomic E-state index is 11.2. The summed E-state index contributed by atoms with van der Waals surface area (Å²) in [5.74, 6) is -1.28. The van der Waals surface area contributed by atoms with Crippen LogP contribution in [0.25, 0.3) is 0 Å². The minimum absolute atomic E-state index is 0.0382. The topological polar surface area (TPSA) is 105 Å². The smallest absolute Gasteiger partial charge is 0.321 e. The molecule has 0 spiro atoms. The number of ether oxygens (including phenoxy) is 1. The Balaban J connectivity index is 3.49. The lowest BCUT2D eigenvalue weighted by Gasteiger charge is -2.06. The van der Waals surface area contributed by atoms with Gasteiger partial charge >= 0.3 is 12.0 Å². The summed E-state index contributed by atoms with van der Waals surface area (Å²) in [6, 6.07) is -0.533. The van der Waals surface area contributed by atoms with Gasteiger partial charge in [0.1, 0.15) is 0 Å². The monoisotopic (exact) mass is 260 g/mol. The van der Waals surface area contributed by atoms with Gasteiger partial charge < -0.3 is 15.2 Å². The van der Waals surface area contributed by atoms with Crippen LogP contribution in [0.5, 0.6) is 0 Å². The molecule has 0 aliphatic rings. The molecule has 0 aromatic carbocycles. The number of hydrogen-bond donors (Lipinski definition) is 3. The van der Waals surface area contributed by atoms with Gasteiger partial charge in [0.25, 0.3) is 0 Å². The van der Waals surface area contributed by atoms with E-state index < -0.39 is 17.9 Å². The van der Waals surface area contributed by atoms with Crippen LogP contribution < -0.4 is 10.6 Å². The van der Waals surface area contributed by atoms with Crippen LogP contribution in [0, 0.1) is 0 Å². The molecular formula is C11H20N2O5. The number of aliphatic carboxylic acids is 1. The van der Waals surface area contributed by atoms with Gasteiger partial charge in [-0.2, -0.15) is 0 Å². The molecule has 3 N–H and O–H groups in total. The Kier molecular flexibility index (Phi) is 9.57. The van der Waals surface area contributed by atoms with Gasteiger partial charge in [-0.25, -0.2) is 4.79 Å². The molecule has 0 aromatic rings. The molecule has 7 heteroatoms. The number of urea groups is 1. The first-order valence-electron chi connectivity index (χ1n) is 5.84. The number of methoxy groups -OCH3 is 1. The van der Waals surface area contributed by atoms with Gasteiger partial charge in [0, 0.05) is 33.1 Å². The van der Waals surface area contributed by atoms with E-state index in [4.69, 9.17) is 9.84 Å². The van der Waals surface area contributed by atoms with Gasteiger partial charge in [0.05, 0.1) is 0 Å². The van der Waals surface area contributed by atoms with Crippen molar-refractivity contribution in [2.45, 2.75) is 32.1 Å². The van der Waals surface area contributed by atoms with Crippen molar-refractivity contribution in [1.29, 1.82) is 0 Å². The highest BCUT2D eigenvalue weighted by Gasteiger charge is 2.07. The molecule has 0 radical (unpaired) electrons. The van der Waals surface area contributed by atoms with E-state index in [0.29, 0.717) is 32.4 Å². The molecule has 18 heavy (non-hydrogen) atoms. The minimum atomic E-state index is -0.883. The molecule has 0 bridgehead atoms. The third-order valence-corrected chi connectivity index (χ3v) is 2.11. The molecule has 3 amide bonds. The number of unbranched alkanes of at least 4 members (excludes halogenated alkanes) is 1. The summed E-state index contributed by atoms with van der Waals surface area (Å²) < 4.78 is 4.80. The van der Waals surface area contributed by atoms with E-state index in [2.05, 4.69) is 10.6 Å². The molecule has 0 aliphatic heterocycles. The summed E-state index contributed by atoms with van der Waals surface area (Å²) in [5, 5.41) is 13.1. The largest absolute Gasteiger partial charge is 0.481 e. The maximum atomic E-state index is 11.2. The number of nitrogens with one attached hydrogen (secondary N) is 2. The van der Waals surface area contributed by atoms with Crippen LogP contribution in [0.2, 0.25) is 0 Å². The van der Waals surface area contributed by atoms with Gasteiger partial charge in [-0.3, -0.25) is 14.9 Å². The lowest BCUT2D eigenvalue weighted by Crippen LogP contribution is -2.39. The molecule has 0 saturated heterocycles. The predicted molar refractivity (Wildman–Crippen MR) is 64.1 cm³/mol. The fraction of sp³-hybridized carbons (Fsp3) is 0.727. The predicted octanol–water partition coefficient (Wildman–Crippen LogP) is 0.494. The highest BCUT2D eigenvalue weighted by molar-refractivity contribution is 5.94. The number of carboxylic acid groups (broad SMARTS) is 1. The van der Waals surface area contributed by atoms with Crippen molar-refractivity contribution in [3.05, 3.63) is 0 Å². The van der Waals surface area contributed by atoms with E-state index >= 15 is 0 Å². The molecule has 0 aliphatic carbocycles. The molecule has 104 valence electrons. The molecule has 7 nitrogen and oxygen atoms in total. The van der Waals surface area contributed by atoms with Crippen molar-refractivity contribution >= 4 is 17.9 Å². The van der Waals surface area contributed by atoms with Gasteiger partial charge in [0.2, 0.25) is 5.91 Å². The molecule has 0 aromatic heterocycles. The quantitative estimate of drug-likeness (QED) is 0.523. The average molecular weight is 260 g/mol. The van der Waals surface area contributed by atoms with Crippen LogP contribution in [-0.4, -0.2) is 43.3 Å². The molecule has 0 rings (SSSR count). The maximum Gasteiger partial charge on any atom is 0.321 e. The molecule has 0 saturated carbocycles. The zero-order valence-corrected chi connectivity index (χ0v) is 10.5. The standard InChI is InChI=1S/C11H20N2O5/c1-18-8-4-7-12-11(17)13-9(14)5-2-3-6-10(15)16/h2-8H2,1H3,(H,15,16)(H2,12,13,14,17). The van der Waals surface area contributed by atoms with E-state index in [1.165, 1.54) is 0 Å². The van der Waals surface area contributed by atoms with E-state index in [-0.39, 0.29) is 12.8 Å². The number of imide groups is 1. The van der Waals surface area contributed by atoms with Gasteiger partial charge in [-0.15, -0.1) is 0 Å². The summed E-state index contributed by atoms with van der Waals surface area (Å²) in [5.41, 5.74) is 0. The molecule has 0 fully saturated rings. The first kappa shape index (κ1) is 16.4. The van der Waals surface area contributed by atoms with Crippen molar-refractivity contribution in [3.63, 3.8) is 0 Å². The average Bonchev–Trinajstić information content (AvgIpc) is 2.30.